The average molecular weight is 356 g/mol. The van der Waals surface area contributed by atoms with E-state index in [1.54, 1.807) is 4.90 Å². The van der Waals surface area contributed by atoms with E-state index in [-0.39, 0.29) is 42.7 Å². The summed E-state index contributed by atoms with van der Waals surface area (Å²) < 4.78 is 0. The summed E-state index contributed by atoms with van der Waals surface area (Å²) in [5, 5.41) is 2.65. The van der Waals surface area contributed by atoms with E-state index in [2.05, 4.69) is 5.32 Å². The van der Waals surface area contributed by atoms with Gasteiger partial charge in [0.05, 0.1) is 12.6 Å². The van der Waals surface area contributed by atoms with Crippen molar-refractivity contribution < 1.29 is 9.59 Å². The van der Waals surface area contributed by atoms with Crippen molar-refractivity contribution in [1.82, 2.24) is 10.2 Å². The van der Waals surface area contributed by atoms with Gasteiger partial charge in [-0.15, -0.1) is 12.4 Å². The Morgan fingerprint density at radius 3 is 2.25 bits per heavy atom. The molecule has 0 radical (unpaired) electrons. The van der Waals surface area contributed by atoms with Gasteiger partial charge in [-0.2, -0.15) is 0 Å². The van der Waals surface area contributed by atoms with E-state index in [0.717, 1.165) is 12.0 Å². The molecule has 0 saturated carbocycles. The lowest BCUT2D eigenvalue weighted by atomic mass is 10.1. The SMILES string of the molecule is CCC(C)N(Cc1ccccc1)C(=O)CNC(=O)[C@@H](N)C(C)C.Cl. The molecule has 2 amide bonds. The van der Waals surface area contributed by atoms with Crippen LogP contribution in [0.2, 0.25) is 0 Å². The molecule has 0 spiro atoms. The number of carbonyl (C=O) groups excluding carboxylic acids is 2. The summed E-state index contributed by atoms with van der Waals surface area (Å²) in [5.74, 6) is -0.329. The first kappa shape index (κ1) is 22.4. The number of halogens is 1. The van der Waals surface area contributed by atoms with Gasteiger partial charge in [0.1, 0.15) is 0 Å². The lowest BCUT2D eigenvalue weighted by Crippen LogP contribution is -2.49. The number of hydrogen-bond donors (Lipinski definition) is 2. The van der Waals surface area contributed by atoms with E-state index in [1.807, 2.05) is 58.0 Å². The van der Waals surface area contributed by atoms with Crippen LogP contribution in [0.4, 0.5) is 0 Å². The van der Waals surface area contributed by atoms with Crippen LogP contribution in [0, 0.1) is 5.92 Å². The zero-order valence-electron chi connectivity index (χ0n) is 15.0. The molecule has 0 saturated heterocycles. The predicted molar refractivity (Wildman–Crippen MR) is 99.8 cm³/mol. The topological polar surface area (TPSA) is 75.4 Å². The molecule has 0 aliphatic heterocycles. The number of nitrogens with two attached hydrogens (primary N) is 1. The lowest BCUT2D eigenvalue weighted by molar-refractivity contribution is -0.135. The summed E-state index contributed by atoms with van der Waals surface area (Å²) in [6, 6.07) is 9.38. The maximum Gasteiger partial charge on any atom is 0.242 e. The van der Waals surface area contributed by atoms with Crippen LogP contribution in [-0.2, 0) is 16.1 Å². The molecule has 1 rings (SSSR count). The first-order valence-electron chi connectivity index (χ1n) is 8.23. The maximum absolute atomic E-state index is 12.5. The number of rotatable bonds is 8. The van der Waals surface area contributed by atoms with E-state index in [0.29, 0.717) is 6.54 Å². The monoisotopic (exact) mass is 355 g/mol. The molecule has 0 bridgehead atoms. The summed E-state index contributed by atoms with van der Waals surface area (Å²) in [4.78, 5) is 26.2. The lowest BCUT2D eigenvalue weighted by Gasteiger charge is -2.29. The smallest absolute Gasteiger partial charge is 0.242 e. The van der Waals surface area contributed by atoms with Gasteiger partial charge in [0.2, 0.25) is 11.8 Å². The number of benzene rings is 1. The number of nitrogens with one attached hydrogen (secondary N) is 1. The third-order valence-electron chi connectivity index (χ3n) is 4.07. The molecule has 0 fully saturated rings. The van der Waals surface area contributed by atoms with Crippen molar-refractivity contribution in [3.63, 3.8) is 0 Å². The highest BCUT2D eigenvalue weighted by Gasteiger charge is 2.22. The van der Waals surface area contributed by atoms with Crippen LogP contribution in [0.25, 0.3) is 0 Å². The largest absolute Gasteiger partial charge is 0.346 e. The van der Waals surface area contributed by atoms with Crippen molar-refractivity contribution in [2.75, 3.05) is 6.54 Å². The second kappa shape index (κ2) is 11.0. The second-order valence-corrected chi connectivity index (χ2v) is 6.25. The molecule has 24 heavy (non-hydrogen) atoms. The fraction of sp³-hybridized carbons (Fsp3) is 0.556. The van der Waals surface area contributed by atoms with Crippen molar-refractivity contribution in [1.29, 1.82) is 0 Å². The van der Waals surface area contributed by atoms with Gasteiger partial charge in [-0.25, -0.2) is 0 Å². The summed E-state index contributed by atoms with van der Waals surface area (Å²) in [6.07, 6.45) is 0.859. The first-order valence-corrected chi connectivity index (χ1v) is 8.23. The van der Waals surface area contributed by atoms with Crippen LogP contribution in [-0.4, -0.2) is 35.3 Å². The molecule has 1 unspecified atom stereocenters. The summed E-state index contributed by atoms with van der Waals surface area (Å²) in [5.41, 5.74) is 6.87. The molecule has 0 aromatic heterocycles. The third kappa shape index (κ3) is 6.89. The average Bonchev–Trinajstić information content (AvgIpc) is 2.56. The van der Waals surface area contributed by atoms with Gasteiger partial charge in [0.25, 0.3) is 0 Å². The molecule has 1 aromatic carbocycles. The highest BCUT2D eigenvalue weighted by atomic mass is 35.5. The number of amides is 2. The Labute approximate surface area is 151 Å². The fourth-order valence-electron chi connectivity index (χ4n) is 2.18. The molecular formula is C18H30ClN3O2. The van der Waals surface area contributed by atoms with Crippen LogP contribution < -0.4 is 11.1 Å². The van der Waals surface area contributed by atoms with Crippen LogP contribution in [0.5, 0.6) is 0 Å². The van der Waals surface area contributed by atoms with Crippen molar-refractivity contribution >= 4 is 24.2 Å². The molecular weight excluding hydrogens is 326 g/mol. The van der Waals surface area contributed by atoms with E-state index in [1.165, 1.54) is 0 Å². The van der Waals surface area contributed by atoms with Gasteiger partial charge in [-0.05, 0) is 24.8 Å². The Hall–Kier alpha value is -1.59. The normalized spacial score (nSPS) is 12.9. The minimum Gasteiger partial charge on any atom is -0.346 e. The molecule has 0 heterocycles. The molecule has 136 valence electrons. The Kier molecular flexibility index (Phi) is 10.3. The molecule has 1 aromatic rings. The summed E-state index contributed by atoms with van der Waals surface area (Å²) in [6.45, 7) is 8.35. The molecule has 3 N–H and O–H groups in total. The minimum absolute atomic E-state index is 0. The van der Waals surface area contributed by atoms with Crippen LogP contribution in [0.3, 0.4) is 0 Å². The Morgan fingerprint density at radius 1 is 1.17 bits per heavy atom. The maximum atomic E-state index is 12.5. The van der Waals surface area contributed by atoms with Gasteiger partial charge >= 0.3 is 0 Å². The van der Waals surface area contributed by atoms with Crippen molar-refractivity contribution in [3.8, 4) is 0 Å². The second-order valence-electron chi connectivity index (χ2n) is 6.25. The van der Waals surface area contributed by atoms with Crippen molar-refractivity contribution in [2.45, 2.75) is 52.7 Å². The Bertz CT molecular complexity index is 508. The van der Waals surface area contributed by atoms with Gasteiger partial charge in [-0.1, -0.05) is 51.1 Å². The zero-order chi connectivity index (χ0) is 17.4. The van der Waals surface area contributed by atoms with Crippen molar-refractivity contribution in [2.24, 2.45) is 11.7 Å². The summed E-state index contributed by atoms with van der Waals surface area (Å²) >= 11 is 0. The van der Waals surface area contributed by atoms with Crippen LogP contribution in [0.1, 0.15) is 39.7 Å². The van der Waals surface area contributed by atoms with E-state index in [4.69, 9.17) is 5.73 Å². The predicted octanol–water partition coefficient (Wildman–Crippen LogP) is 2.34. The third-order valence-corrected chi connectivity index (χ3v) is 4.07. The van der Waals surface area contributed by atoms with Gasteiger partial charge < -0.3 is 16.0 Å². The number of hydrogen-bond acceptors (Lipinski definition) is 3. The first-order chi connectivity index (χ1) is 10.9. The van der Waals surface area contributed by atoms with E-state index < -0.39 is 6.04 Å². The number of carbonyl (C=O) groups is 2. The van der Waals surface area contributed by atoms with Gasteiger partial charge in [0.15, 0.2) is 0 Å². The molecule has 0 aliphatic carbocycles. The Morgan fingerprint density at radius 2 is 1.75 bits per heavy atom. The fourth-order valence-corrected chi connectivity index (χ4v) is 2.18. The quantitative estimate of drug-likeness (QED) is 0.751. The van der Waals surface area contributed by atoms with E-state index in [9.17, 15) is 9.59 Å². The van der Waals surface area contributed by atoms with Crippen LogP contribution in [0.15, 0.2) is 30.3 Å². The molecule has 0 aliphatic rings. The number of nitrogens with zero attached hydrogens (tertiary/aromatic N) is 1. The standard InChI is InChI=1S/C18H29N3O2.ClH/c1-5-14(4)21(12-15-9-7-6-8-10-15)16(22)11-20-18(23)17(19)13(2)3;/h6-10,13-14,17H,5,11-12,19H2,1-4H3,(H,20,23);1H/t14?,17-;/m0./s1. The van der Waals surface area contributed by atoms with Crippen LogP contribution >= 0.6 is 12.4 Å². The summed E-state index contributed by atoms with van der Waals surface area (Å²) in [7, 11) is 0. The van der Waals surface area contributed by atoms with Crippen molar-refractivity contribution in [3.05, 3.63) is 35.9 Å². The molecule has 5 nitrogen and oxygen atoms in total. The van der Waals surface area contributed by atoms with Gasteiger partial charge in [0, 0.05) is 12.6 Å². The highest BCUT2D eigenvalue weighted by Crippen LogP contribution is 2.11. The van der Waals surface area contributed by atoms with E-state index >= 15 is 0 Å². The Balaban J connectivity index is 0.00000529. The zero-order valence-corrected chi connectivity index (χ0v) is 15.8. The van der Waals surface area contributed by atoms with Gasteiger partial charge in [-0.3, -0.25) is 9.59 Å². The molecule has 2 atom stereocenters. The molecule has 6 heteroatoms. The minimum atomic E-state index is -0.589. The highest BCUT2D eigenvalue weighted by molar-refractivity contribution is 5.87.